The summed E-state index contributed by atoms with van der Waals surface area (Å²) in [6.07, 6.45) is 1.66. The summed E-state index contributed by atoms with van der Waals surface area (Å²) in [5.41, 5.74) is 6.33. The molecule has 1 aliphatic heterocycles. The quantitative estimate of drug-likeness (QED) is 0.500. The number of ether oxygens (including phenoxy) is 1. The van der Waals surface area contributed by atoms with Gasteiger partial charge in [0.2, 0.25) is 10.0 Å². The van der Waals surface area contributed by atoms with Gasteiger partial charge in [-0.1, -0.05) is 36.4 Å². The molecule has 9 nitrogen and oxygen atoms in total. The van der Waals surface area contributed by atoms with Crippen LogP contribution in [-0.2, 0) is 14.8 Å². The van der Waals surface area contributed by atoms with Gasteiger partial charge in [0.25, 0.3) is 11.8 Å². The molecule has 38 heavy (non-hydrogen) atoms. The molecule has 2 amide bonds. The molecule has 1 atom stereocenters. The van der Waals surface area contributed by atoms with Gasteiger partial charge in [-0.2, -0.15) is 4.31 Å². The molecule has 1 saturated carbocycles. The van der Waals surface area contributed by atoms with E-state index in [0.29, 0.717) is 24.2 Å². The number of fused-ring (bicyclic) bond motifs is 1. The van der Waals surface area contributed by atoms with Gasteiger partial charge in [-0.25, -0.2) is 8.42 Å². The van der Waals surface area contributed by atoms with Crippen LogP contribution in [0.1, 0.15) is 36.0 Å². The third kappa shape index (κ3) is 5.11. The number of nitrogens with zero attached hydrogens (tertiary/aromatic N) is 2. The highest BCUT2D eigenvalue weighted by molar-refractivity contribution is 7.89. The lowest BCUT2D eigenvalue weighted by Crippen LogP contribution is -2.56. The molecule has 200 valence electrons. The number of carbonyl (C=O) groups excluding carboxylic acids is 2. The van der Waals surface area contributed by atoms with Gasteiger partial charge in [-0.15, -0.1) is 0 Å². The number of hydrogen-bond donors (Lipinski definition) is 2. The van der Waals surface area contributed by atoms with E-state index in [2.05, 4.69) is 5.32 Å². The highest BCUT2D eigenvalue weighted by Crippen LogP contribution is 2.29. The number of methoxy groups -OCH3 is 1. The Kier molecular flexibility index (Phi) is 7.38. The van der Waals surface area contributed by atoms with E-state index in [-0.39, 0.29) is 30.1 Å². The van der Waals surface area contributed by atoms with Gasteiger partial charge in [0, 0.05) is 30.7 Å². The summed E-state index contributed by atoms with van der Waals surface area (Å²) in [6.45, 7) is 0.0784. The Bertz CT molecular complexity index is 1450. The molecule has 2 aliphatic rings. The van der Waals surface area contributed by atoms with Gasteiger partial charge in [0.05, 0.1) is 12.0 Å². The average molecular weight is 537 g/mol. The molecule has 1 aliphatic carbocycles. The summed E-state index contributed by atoms with van der Waals surface area (Å²) in [6, 6.07) is 19.0. The van der Waals surface area contributed by atoms with Gasteiger partial charge < -0.3 is 20.7 Å². The SMILES string of the molecule is COc1cccc(C(=O)N2CCN(S(=O)(=O)c3ccc4ccccc4c3)C2C(=O)NC2CCC(N)CC2)c1. The second-order valence-corrected chi connectivity index (χ2v) is 11.7. The van der Waals surface area contributed by atoms with Crippen molar-refractivity contribution in [3.05, 3.63) is 72.3 Å². The molecule has 3 aromatic carbocycles. The van der Waals surface area contributed by atoms with Crippen molar-refractivity contribution in [1.82, 2.24) is 14.5 Å². The van der Waals surface area contributed by atoms with Crippen molar-refractivity contribution < 1.29 is 22.7 Å². The first-order valence-electron chi connectivity index (χ1n) is 12.8. The Labute approximate surface area is 222 Å². The van der Waals surface area contributed by atoms with E-state index < -0.39 is 28.0 Å². The van der Waals surface area contributed by atoms with Gasteiger partial charge in [0.15, 0.2) is 6.17 Å². The molecule has 5 rings (SSSR count). The minimum atomic E-state index is -4.10. The maximum absolute atomic E-state index is 13.9. The van der Waals surface area contributed by atoms with Crippen molar-refractivity contribution >= 4 is 32.6 Å². The van der Waals surface area contributed by atoms with E-state index in [1.54, 1.807) is 42.5 Å². The van der Waals surface area contributed by atoms with Crippen molar-refractivity contribution in [3.8, 4) is 5.75 Å². The molecule has 3 aromatic rings. The first kappa shape index (κ1) is 26.1. The van der Waals surface area contributed by atoms with Crippen molar-refractivity contribution in [2.45, 2.75) is 48.8 Å². The smallest absolute Gasteiger partial charge is 0.259 e. The normalized spacial score (nSPS) is 22.4. The first-order chi connectivity index (χ1) is 18.3. The van der Waals surface area contributed by atoms with Crippen LogP contribution in [-0.4, -0.2) is 67.9 Å². The zero-order valence-electron chi connectivity index (χ0n) is 21.2. The summed E-state index contributed by atoms with van der Waals surface area (Å²) < 4.78 is 34.2. The Balaban J connectivity index is 1.49. The van der Waals surface area contributed by atoms with Crippen LogP contribution in [0.4, 0.5) is 0 Å². The molecule has 0 radical (unpaired) electrons. The minimum absolute atomic E-state index is 0.00149. The molecule has 0 spiro atoms. The van der Waals surface area contributed by atoms with Crippen LogP contribution in [0.2, 0.25) is 0 Å². The van der Waals surface area contributed by atoms with E-state index in [4.69, 9.17) is 10.5 Å². The molecule has 1 heterocycles. The van der Waals surface area contributed by atoms with Gasteiger partial charge >= 0.3 is 0 Å². The van der Waals surface area contributed by atoms with E-state index in [1.807, 2.05) is 24.3 Å². The van der Waals surface area contributed by atoms with Gasteiger partial charge in [-0.05, 0) is 66.8 Å². The Hall–Kier alpha value is -3.47. The number of sulfonamides is 1. The second-order valence-electron chi connectivity index (χ2n) is 9.85. The Morgan fingerprint density at radius 1 is 0.921 bits per heavy atom. The van der Waals surface area contributed by atoms with Crippen LogP contribution in [0.15, 0.2) is 71.6 Å². The lowest BCUT2D eigenvalue weighted by molar-refractivity contribution is -0.128. The lowest BCUT2D eigenvalue weighted by atomic mass is 9.92. The summed E-state index contributed by atoms with van der Waals surface area (Å²) in [5, 5.41) is 4.69. The third-order valence-corrected chi connectivity index (χ3v) is 9.24. The fraction of sp³-hybridized carbons (Fsp3) is 0.357. The molecular formula is C28H32N4O5S. The van der Waals surface area contributed by atoms with Crippen LogP contribution in [0.5, 0.6) is 5.75 Å². The highest BCUT2D eigenvalue weighted by atomic mass is 32.2. The summed E-state index contributed by atoms with van der Waals surface area (Å²) >= 11 is 0. The number of rotatable bonds is 6. The standard InChI is InChI=1S/C28H32N4O5S/c1-37-24-8-4-7-21(17-24)28(34)31-15-16-32(27(31)26(33)30-23-12-10-22(29)11-13-23)38(35,36)25-14-9-19-5-2-3-6-20(19)18-25/h2-9,14,17-18,22-23,27H,10-13,15-16,29H2,1H3,(H,30,33). The predicted octanol–water partition coefficient (Wildman–Crippen LogP) is 2.71. The molecule has 1 unspecified atom stereocenters. The van der Waals surface area contributed by atoms with E-state index in [0.717, 1.165) is 27.9 Å². The van der Waals surface area contributed by atoms with E-state index in [1.165, 1.54) is 12.0 Å². The fourth-order valence-electron chi connectivity index (χ4n) is 5.27. The van der Waals surface area contributed by atoms with Gasteiger partial charge in [0.1, 0.15) is 5.75 Å². The van der Waals surface area contributed by atoms with Crippen molar-refractivity contribution in [1.29, 1.82) is 0 Å². The molecule has 10 heteroatoms. The molecule has 1 saturated heterocycles. The molecular weight excluding hydrogens is 504 g/mol. The zero-order valence-corrected chi connectivity index (χ0v) is 22.1. The lowest BCUT2D eigenvalue weighted by Gasteiger charge is -2.32. The van der Waals surface area contributed by atoms with Gasteiger partial charge in [-0.3, -0.25) is 9.59 Å². The first-order valence-corrected chi connectivity index (χ1v) is 14.2. The summed E-state index contributed by atoms with van der Waals surface area (Å²) in [7, 11) is -2.60. The monoisotopic (exact) mass is 536 g/mol. The molecule has 0 aromatic heterocycles. The number of benzene rings is 3. The molecule has 0 bridgehead atoms. The maximum Gasteiger partial charge on any atom is 0.259 e. The minimum Gasteiger partial charge on any atom is -0.497 e. The van der Waals surface area contributed by atoms with E-state index in [9.17, 15) is 18.0 Å². The van der Waals surface area contributed by atoms with Crippen molar-refractivity contribution in [3.63, 3.8) is 0 Å². The predicted molar refractivity (Wildman–Crippen MR) is 144 cm³/mol. The summed E-state index contributed by atoms with van der Waals surface area (Å²) in [5.74, 6) is -0.454. The van der Waals surface area contributed by atoms with Crippen molar-refractivity contribution in [2.75, 3.05) is 20.2 Å². The number of carbonyl (C=O) groups is 2. The number of hydrogen-bond acceptors (Lipinski definition) is 6. The number of amides is 2. The molecule has 2 fully saturated rings. The number of nitrogens with one attached hydrogen (secondary N) is 1. The highest BCUT2D eigenvalue weighted by Gasteiger charge is 2.47. The van der Waals surface area contributed by atoms with E-state index >= 15 is 0 Å². The maximum atomic E-state index is 13.9. The fourth-order valence-corrected chi connectivity index (χ4v) is 6.85. The second kappa shape index (κ2) is 10.7. The van der Waals surface area contributed by atoms with Crippen LogP contribution in [0.3, 0.4) is 0 Å². The molecule has 3 N–H and O–H groups in total. The largest absolute Gasteiger partial charge is 0.497 e. The van der Waals surface area contributed by atoms with Crippen LogP contribution in [0, 0.1) is 0 Å². The summed E-state index contributed by atoms with van der Waals surface area (Å²) in [4.78, 5) is 28.7. The number of nitrogens with two attached hydrogens (primary N) is 1. The van der Waals surface area contributed by atoms with Crippen LogP contribution in [0.25, 0.3) is 10.8 Å². The van der Waals surface area contributed by atoms with Crippen molar-refractivity contribution in [2.24, 2.45) is 5.73 Å². The van der Waals surface area contributed by atoms with Crippen LogP contribution >= 0.6 is 0 Å². The Morgan fingerprint density at radius 3 is 2.39 bits per heavy atom. The van der Waals surface area contributed by atoms with Crippen LogP contribution < -0.4 is 15.8 Å². The average Bonchev–Trinajstić information content (AvgIpc) is 3.40. The topological polar surface area (TPSA) is 122 Å². The third-order valence-electron chi connectivity index (χ3n) is 7.39. The zero-order chi connectivity index (χ0) is 26.9. The Morgan fingerprint density at radius 2 is 1.66 bits per heavy atom.